The Kier molecular flexibility index (Phi) is 4.69. The number of carbonyl (C=O) groups is 3. The fourth-order valence-electron chi connectivity index (χ4n) is 2.84. The van der Waals surface area contributed by atoms with Gasteiger partial charge >= 0.3 is 0 Å². The van der Waals surface area contributed by atoms with Gasteiger partial charge in [-0.1, -0.05) is 0 Å². The van der Waals surface area contributed by atoms with Crippen molar-refractivity contribution in [3.05, 3.63) is 24.0 Å². The highest BCUT2D eigenvalue weighted by Crippen LogP contribution is 2.17. The third kappa shape index (κ3) is 3.34. The van der Waals surface area contributed by atoms with E-state index in [2.05, 4.69) is 25.8 Å². The van der Waals surface area contributed by atoms with Gasteiger partial charge in [-0.3, -0.25) is 19.5 Å². The lowest BCUT2D eigenvalue weighted by Crippen LogP contribution is -2.48. The van der Waals surface area contributed by atoms with E-state index in [0.717, 1.165) is 23.1 Å². The topological polar surface area (TPSA) is 120 Å². The zero-order chi connectivity index (χ0) is 16.9. The summed E-state index contributed by atoms with van der Waals surface area (Å²) >= 11 is 0. The molecule has 3 amide bonds. The molecule has 1 saturated heterocycles. The number of pyridine rings is 1. The molecule has 1 aliphatic rings. The van der Waals surface area contributed by atoms with E-state index in [9.17, 15) is 14.4 Å². The molecule has 0 saturated carbocycles. The number of likely N-dealkylation sites (tertiary alicyclic amines) is 1. The molecule has 24 heavy (non-hydrogen) atoms. The quantitative estimate of drug-likeness (QED) is 0.606. The highest BCUT2D eigenvalue weighted by atomic mass is 16.2. The Bertz CT molecular complexity index is 759. The fraction of sp³-hybridized carbons (Fsp3) is 0.400. The minimum absolute atomic E-state index is 0.0913. The van der Waals surface area contributed by atoms with Gasteiger partial charge in [0.1, 0.15) is 11.6 Å². The first-order valence-corrected chi connectivity index (χ1v) is 7.72. The number of hydrogen-bond donors (Lipinski definition) is 3. The van der Waals surface area contributed by atoms with E-state index < -0.39 is 6.04 Å². The average Bonchev–Trinajstić information content (AvgIpc) is 3.25. The first-order valence-electron chi connectivity index (χ1n) is 7.72. The summed E-state index contributed by atoms with van der Waals surface area (Å²) in [4.78, 5) is 40.6. The summed E-state index contributed by atoms with van der Waals surface area (Å²) in [5, 5.41) is 11.9. The van der Waals surface area contributed by atoms with Crippen molar-refractivity contribution < 1.29 is 14.4 Å². The van der Waals surface area contributed by atoms with Crippen LogP contribution in [0.2, 0.25) is 0 Å². The normalized spacial score (nSPS) is 17.0. The zero-order valence-corrected chi connectivity index (χ0v) is 13.0. The van der Waals surface area contributed by atoms with Gasteiger partial charge in [0.05, 0.1) is 30.5 Å². The minimum Gasteiger partial charge on any atom is -0.350 e. The number of amides is 3. The molecule has 1 atom stereocenters. The molecule has 0 aromatic carbocycles. The van der Waals surface area contributed by atoms with E-state index in [1.807, 2.05) is 12.1 Å². The van der Waals surface area contributed by atoms with Gasteiger partial charge in [0.15, 0.2) is 0 Å². The van der Waals surface area contributed by atoms with Crippen molar-refractivity contribution in [1.82, 2.24) is 30.7 Å². The van der Waals surface area contributed by atoms with E-state index in [1.54, 1.807) is 6.20 Å². The van der Waals surface area contributed by atoms with Crippen LogP contribution in [0.1, 0.15) is 18.5 Å². The summed E-state index contributed by atoms with van der Waals surface area (Å²) in [5.74, 6) is -0.460. The number of aromatic amines is 1. The molecule has 3 rings (SSSR count). The maximum atomic E-state index is 12.4. The summed E-state index contributed by atoms with van der Waals surface area (Å²) in [5.41, 5.74) is 2.29. The Morgan fingerprint density at radius 1 is 1.42 bits per heavy atom. The summed E-state index contributed by atoms with van der Waals surface area (Å²) in [6, 6.07) is 3.17. The first kappa shape index (κ1) is 15.9. The molecular formula is C15H18N6O3. The summed E-state index contributed by atoms with van der Waals surface area (Å²) in [6.45, 7) is 0.716. The molecule has 0 radical (unpaired) electrons. The Hall–Kier alpha value is -2.97. The van der Waals surface area contributed by atoms with Crippen LogP contribution in [0.3, 0.4) is 0 Å². The van der Waals surface area contributed by atoms with E-state index in [4.69, 9.17) is 0 Å². The van der Waals surface area contributed by atoms with Crippen molar-refractivity contribution in [1.29, 1.82) is 0 Å². The molecular weight excluding hydrogens is 312 g/mol. The molecule has 3 heterocycles. The molecule has 1 fully saturated rings. The van der Waals surface area contributed by atoms with Crippen LogP contribution < -0.4 is 10.6 Å². The average molecular weight is 330 g/mol. The number of hydrogen-bond acceptors (Lipinski definition) is 5. The lowest BCUT2D eigenvalue weighted by atomic mass is 10.2. The van der Waals surface area contributed by atoms with Crippen LogP contribution in [-0.2, 0) is 20.9 Å². The van der Waals surface area contributed by atoms with Gasteiger partial charge < -0.3 is 15.5 Å². The lowest BCUT2D eigenvalue weighted by molar-refractivity contribution is -0.138. The van der Waals surface area contributed by atoms with Gasteiger partial charge in [0.2, 0.25) is 18.2 Å². The number of fused-ring (bicyclic) bond motifs is 1. The SMILES string of the molecule is O=CNCC(=O)N1CCCC1C(=O)NCc1ccc2[nH]ncc2n1. The van der Waals surface area contributed by atoms with Crippen LogP contribution in [0.5, 0.6) is 0 Å². The second-order valence-electron chi connectivity index (χ2n) is 5.57. The van der Waals surface area contributed by atoms with E-state index >= 15 is 0 Å². The Morgan fingerprint density at radius 3 is 3.12 bits per heavy atom. The molecule has 2 aromatic heterocycles. The molecule has 9 nitrogen and oxygen atoms in total. The largest absolute Gasteiger partial charge is 0.350 e. The summed E-state index contributed by atoms with van der Waals surface area (Å²) < 4.78 is 0. The van der Waals surface area contributed by atoms with Crippen LogP contribution >= 0.6 is 0 Å². The van der Waals surface area contributed by atoms with Crippen LogP contribution in [0.15, 0.2) is 18.3 Å². The second kappa shape index (κ2) is 7.07. The van der Waals surface area contributed by atoms with Crippen molar-refractivity contribution in [2.45, 2.75) is 25.4 Å². The lowest BCUT2D eigenvalue weighted by Gasteiger charge is -2.23. The smallest absolute Gasteiger partial charge is 0.243 e. The van der Waals surface area contributed by atoms with Gasteiger partial charge in [-0.05, 0) is 25.0 Å². The molecule has 1 aliphatic heterocycles. The van der Waals surface area contributed by atoms with Crippen LogP contribution in [-0.4, -0.2) is 57.4 Å². The van der Waals surface area contributed by atoms with Crippen LogP contribution in [0.25, 0.3) is 11.0 Å². The molecule has 9 heteroatoms. The van der Waals surface area contributed by atoms with Crippen molar-refractivity contribution in [3.63, 3.8) is 0 Å². The number of H-pyrrole nitrogens is 1. The molecule has 126 valence electrons. The molecule has 3 N–H and O–H groups in total. The summed E-state index contributed by atoms with van der Waals surface area (Å²) in [6.07, 6.45) is 3.48. The third-order valence-electron chi connectivity index (χ3n) is 4.01. The van der Waals surface area contributed by atoms with Crippen molar-refractivity contribution >= 4 is 29.3 Å². The summed E-state index contributed by atoms with van der Waals surface area (Å²) in [7, 11) is 0. The Morgan fingerprint density at radius 2 is 2.29 bits per heavy atom. The number of nitrogens with one attached hydrogen (secondary N) is 3. The molecule has 1 unspecified atom stereocenters. The maximum absolute atomic E-state index is 12.4. The van der Waals surface area contributed by atoms with Gasteiger partial charge in [-0.2, -0.15) is 5.10 Å². The molecule has 0 bridgehead atoms. The highest BCUT2D eigenvalue weighted by molar-refractivity contribution is 5.89. The monoisotopic (exact) mass is 330 g/mol. The van der Waals surface area contributed by atoms with Gasteiger partial charge in [0, 0.05) is 6.54 Å². The predicted molar refractivity (Wildman–Crippen MR) is 84.5 cm³/mol. The molecule has 0 aliphatic carbocycles. The number of nitrogens with zero attached hydrogens (tertiary/aromatic N) is 3. The Balaban J connectivity index is 1.59. The van der Waals surface area contributed by atoms with Crippen LogP contribution in [0, 0.1) is 0 Å². The van der Waals surface area contributed by atoms with E-state index in [0.29, 0.717) is 19.4 Å². The molecule has 2 aromatic rings. The zero-order valence-electron chi connectivity index (χ0n) is 13.0. The number of carbonyl (C=O) groups excluding carboxylic acids is 3. The van der Waals surface area contributed by atoms with Gasteiger partial charge in [-0.25, -0.2) is 4.98 Å². The van der Waals surface area contributed by atoms with Gasteiger partial charge in [-0.15, -0.1) is 0 Å². The fourth-order valence-corrected chi connectivity index (χ4v) is 2.84. The number of aromatic nitrogens is 3. The molecule has 0 spiro atoms. The van der Waals surface area contributed by atoms with Crippen molar-refractivity contribution in [2.24, 2.45) is 0 Å². The number of rotatable bonds is 6. The van der Waals surface area contributed by atoms with Crippen molar-refractivity contribution in [3.8, 4) is 0 Å². The highest BCUT2D eigenvalue weighted by Gasteiger charge is 2.33. The maximum Gasteiger partial charge on any atom is 0.243 e. The van der Waals surface area contributed by atoms with Crippen molar-refractivity contribution in [2.75, 3.05) is 13.1 Å². The second-order valence-corrected chi connectivity index (χ2v) is 5.57. The minimum atomic E-state index is -0.497. The third-order valence-corrected chi connectivity index (χ3v) is 4.01. The van der Waals surface area contributed by atoms with Crippen LogP contribution in [0.4, 0.5) is 0 Å². The van der Waals surface area contributed by atoms with Gasteiger partial charge in [0.25, 0.3) is 0 Å². The van der Waals surface area contributed by atoms with E-state index in [1.165, 1.54) is 4.90 Å². The Labute approximate surface area is 137 Å². The van der Waals surface area contributed by atoms with E-state index in [-0.39, 0.29) is 24.9 Å². The first-order chi connectivity index (χ1) is 11.7. The standard InChI is InChI=1S/C15H18N6O3/c22-9-16-8-14(23)21-5-1-2-13(21)15(24)17-6-10-3-4-11-12(19-10)7-18-20-11/h3-4,7,9,13H,1-2,5-6,8H2,(H,16,22)(H,17,24)(H,18,20). The predicted octanol–water partition coefficient (Wildman–Crippen LogP) is -0.689.